The number of nitrogens with one attached hydrogen (secondary N) is 1. The number of phenolic OH excluding ortho intramolecular Hbond substituents is 4. The minimum Gasteiger partial charge on any atom is -0.504 e. The van der Waals surface area contributed by atoms with Crippen LogP contribution < -0.4 is 5.32 Å². The number of carbonyl (C=O) groups is 2. The highest BCUT2D eigenvalue weighted by molar-refractivity contribution is 5.71. The largest absolute Gasteiger partial charge is 0.504 e. The topological polar surface area (TPSA) is 155 Å². The summed E-state index contributed by atoms with van der Waals surface area (Å²) >= 11 is 0. The number of amides is 2. The molecule has 1 saturated heterocycles. The van der Waals surface area contributed by atoms with Gasteiger partial charge in [0.05, 0.1) is 12.2 Å². The maximum atomic E-state index is 12.8. The summed E-state index contributed by atoms with van der Waals surface area (Å²) < 4.78 is 11.7. The highest BCUT2D eigenvalue weighted by Crippen LogP contribution is 2.67. The molecular weight excluding hydrogens is 676 g/mol. The molecule has 1 spiro atoms. The normalized spacial score (nSPS) is 20.8. The third-order valence-electron chi connectivity index (χ3n) is 11.0. The summed E-state index contributed by atoms with van der Waals surface area (Å²) in [6.45, 7) is 24.7. The minimum atomic E-state index is -0.675. The van der Waals surface area contributed by atoms with Crippen LogP contribution in [0.1, 0.15) is 115 Å². The average molecular weight is 739 g/mol. The Kier molecular flexibility index (Phi) is 11.1. The van der Waals surface area contributed by atoms with E-state index in [4.69, 9.17) is 9.47 Å². The molecule has 1 aliphatic heterocycles. The van der Waals surface area contributed by atoms with Gasteiger partial charge in [0, 0.05) is 75.4 Å². The molecule has 2 aromatic carbocycles. The Hall–Kier alpha value is -3.74. The Labute approximate surface area is 315 Å². The molecule has 0 bridgehead atoms. The predicted octanol–water partition coefficient (Wildman–Crippen LogP) is 5.57. The molecule has 0 saturated carbocycles. The van der Waals surface area contributed by atoms with E-state index in [0.717, 1.165) is 22.3 Å². The predicted molar refractivity (Wildman–Crippen MR) is 204 cm³/mol. The lowest BCUT2D eigenvalue weighted by Crippen LogP contribution is -2.49. The van der Waals surface area contributed by atoms with E-state index in [9.17, 15) is 30.0 Å². The highest BCUT2D eigenvalue weighted by Gasteiger charge is 2.59. The molecule has 2 amide bonds. The van der Waals surface area contributed by atoms with Gasteiger partial charge in [-0.05, 0) is 99.6 Å². The van der Waals surface area contributed by atoms with Gasteiger partial charge in [0.25, 0.3) is 0 Å². The summed E-state index contributed by atoms with van der Waals surface area (Å²) in [5.74, 6) is -0.697. The summed E-state index contributed by atoms with van der Waals surface area (Å²) in [4.78, 5) is 30.0. The molecular formula is C41H62N4O8. The zero-order chi connectivity index (χ0) is 39.3. The van der Waals surface area contributed by atoms with Gasteiger partial charge in [-0.3, -0.25) is 14.6 Å². The van der Waals surface area contributed by atoms with E-state index in [1.54, 1.807) is 17.0 Å². The summed E-state index contributed by atoms with van der Waals surface area (Å²) in [6, 6.07) is 3.40. The maximum Gasteiger partial charge on any atom is 0.410 e. The first-order valence-electron chi connectivity index (χ1n) is 18.9. The van der Waals surface area contributed by atoms with Crippen molar-refractivity contribution in [2.75, 3.05) is 52.4 Å². The number of rotatable bonds is 11. The average Bonchev–Trinajstić information content (AvgIpc) is 3.38. The molecule has 1 heterocycles. The Balaban J connectivity index is 1.61. The van der Waals surface area contributed by atoms with Crippen LogP contribution in [-0.2, 0) is 43.6 Å². The molecule has 5 rings (SSSR count). The second-order valence-corrected chi connectivity index (χ2v) is 18.5. The first-order chi connectivity index (χ1) is 24.5. The number of piperazine rings is 1. The Morgan fingerprint density at radius 1 is 0.830 bits per heavy atom. The lowest BCUT2D eigenvalue weighted by atomic mass is 9.70. The quantitative estimate of drug-likeness (QED) is 0.112. The second-order valence-electron chi connectivity index (χ2n) is 18.5. The molecule has 2 aliphatic carbocycles. The molecule has 5 N–H and O–H groups in total. The van der Waals surface area contributed by atoms with Gasteiger partial charge in [0.2, 0.25) is 6.41 Å². The van der Waals surface area contributed by atoms with Gasteiger partial charge in [-0.2, -0.15) is 0 Å². The van der Waals surface area contributed by atoms with Crippen LogP contribution in [0.2, 0.25) is 0 Å². The number of ether oxygens (including phenoxy) is 2. The van der Waals surface area contributed by atoms with Crippen molar-refractivity contribution in [1.29, 1.82) is 0 Å². The fourth-order valence-electron chi connectivity index (χ4n) is 9.03. The molecule has 3 aliphatic rings. The first-order valence-corrected chi connectivity index (χ1v) is 18.9. The van der Waals surface area contributed by atoms with E-state index in [0.29, 0.717) is 89.3 Å². The summed E-state index contributed by atoms with van der Waals surface area (Å²) in [7, 11) is 0. The van der Waals surface area contributed by atoms with Crippen LogP contribution in [0.25, 0.3) is 0 Å². The van der Waals surface area contributed by atoms with Crippen LogP contribution in [0, 0.1) is 0 Å². The number of carbonyl (C=O) groups excluding carboxylic acids is 2. The van der Waals surface area contributed by atoms with Crippen molar-refractivity contribution in [1.82, 2.24) is 20.0 Å². The second kappa shape index (κ2) is 14.5. The molecule has 0 aromatic heterocycles. The monoisotopic (exact) mass is 738 g/mol. The molecule has 1 atom stereocenters. The number of aromatic hydroxyl groups is 4. The van der Waals surface area contributed by atoms with Crippen LogP contribution in [0.3, 0.4) is 0 Å². The highest BCUT2D eigenvalue weighted by atomic mass is 16.6. The lowest BCUT2D eigenvalue weighted by molar-refractivity contribution is -0.109. The van der Waals surface area contributed by atoms with Crippen molar-refractivity contribution in [2.24, 2.45) is 0 Å². The van der Waals surface area contributed by atoms with Gasteiger partial charge in [-0.25, -0.2) is 4.79 Å². The van der Waals surface area contributed by atoms with Gasteiger partial charge in [-0.15, -0.1) is 0 Å². The van der Waals surface area contributed by atoms with Crippen LogP contribution in [0.5, 0.6) is 23.0 Å². The Morgan fingerprint density at radius 3 is 1.87 bits per heavy atom. The number of benzene rings is 2. The van der Waals surface area contributed by atoms with Crippen molar-refractivity contribution >= 4 is 12.5 Å². The number of nitrogens with zero attached hydrogens (tertiary/aromatic N) is 3. The first kappa shape index (κ1) is 40.4. The summed E-state index contributed by atoms with van der Waals surface area (Å²) in [6.07, 6.45) is 1.64. The minimum absolute atomic E-state index is 0.160. The van der Waals surface area contributed by atoms with E-state index >= 15 is 0 Å². The maximum absolute atomic E-state index is 12.8. The van der Waals surface area contributed by atoms with Crippen LogP contribution in [0.15, 0.2) is 12.1 Å². The molecule has 12 nitrogen and oxygen atoms in total. The smallest absolute Gasteiger partial charge is 0.410 e. The van der Waals surface area contributed by atoms with Crippen molar-refractivity contribution in [3.63, 3.8) is 0 Å². The van der Waals surface area contributed by atoms with Gasteiger partial charge in [-0.1, -0.05) is 27.7 Å². The number of hydrogen-bond acceptors (Lipinski definition) is 10. The fraction of sp³-hybridized carbons (Fsp3) is 0.659. The standard InChI is InChI=1S/C41H62N4O8/c1-37(2,3)52-18-17-43(12-11-42-25-46)21-26-32-28(19-30(47)34(26)49)39(7,8)23-41(32)24-40(9,10)29-20-31(48)35(50)27(33(29)41)22-44-13-15-45(16-14-44)36(51)53-38(4,5)6/h19-20,25,47-50H,11-18,21-24H2,1-10H3,(H,42,46). The van der Waals surface area contributed by atoms with E-state index in [-0.39, 0.29) is 41.2 Å². The van der Waals surface area contributed by atoms with Crippen LogP contribution >= 0.6 is 0 Å². The van der Waals surface area contributed by atoms with Crippen molar-refractivity contribution < 1.29 is 39.5 Å². The number of hydrogen-bond donors (Lipinski definition) is 5. The van der Waals surface area contributed by atoms with Crippen molar-refractivity contribution in [3.8, 4) is 23.0 Å². The third-order valence-corrected chi connectivity index (χ3v) is 11.0. The Bertz CT molecular complexity index is 1700. The van der Waals surface area contributed by atoms with E-state index in [1.165, 1.54) is 0 Å². The zero-order valence-electron chi connectivity index (χ0n) is 33.5. The molecule has 1 unspecified atom stereocenters. The van der Waals surface area contributed by atoms with E-state index in [1.807, 2.05) is 41.5 Å². The third kappa shape index (κ3) is 8.34. The van der Waals surface area contributed by atoms with Gasteiger partial charge in [0.15, 0.2) is 23.0 Å². The van der Waals surface area contributed by atoms with Crippen LogP contribution in [0.4, 0.5) is 4.79 Å². The lowest BCUT2D eigenvalue weighted by Gasteiger charge is -2.37. The Morgan fingerprint density at radius 2 is 1.36 bits per heavy atom. The number of fused-ring (bicyclic) bond motifs is 4. The SMILES string of the molecule is CC(C)(C)OCCN(CCNC=O)Cc1c(O)c(O)cc2c1C1(CC2(C)C)CC(C)(C)c2cc(O)c(O)c(CN3CCN(C(=O)OC(C)(C)C)CC3)c21. The van der Waals surface area contributed by atoms with Gasteiger partial charge in [0.1, 0.15) is 5.60 Å². The molecule has 294 valence electrons. The van der Waals surface area contributed by atoms with Crippen LogP contribution in [-0.4, -0.2) is 111 Å². The molecule has 0 radical (unpaired) electrons. The fourth-order valence-corrected chi connectivity index (χ4v) is 9.03. The summed E-state index contributed by atoms with van der Waals surface area (Å²) in [5.41, 5.74) is 2.58. The van der Waals surface area contributed by atoms with E-state index in [2.05, 4.69) is 42.8 Å². The zero-order valence-corrected chi connectivity index (χ0v) is 33.5. The number of phenols is 4. The van der Waals surface area contributed by atoms with Crippen molar-refractivity contribution in [2.45, 2.75) is 123 Å². The molecule has 12 heteroatoms. The summed E-state index contributed by atoms with van der Waals surface area (Å²) in [5, 5.41) is 48.7. The van der Waals surface area contributed by atoms with Gasteiger partial charge < -0.3 is 40.1 Å². The molecule has 1 fully saturated rings. The van der Waals surface area contributed by atoms with Gasteiger partial charge >= 0.3 is 6.09 Å². The molecule has 2 aromatic rings. The molecule has 53 heavy (non-hydrogen) atoms. The van der Waals surface area contributed by atoms with E-state index < -0.39 is 21.8 Å². The van der Waals surface area contributed by atoms with Crippen molar-refractivity contribution in [3.05, 3.63) is 45.5 Å².